The highest BCUT2D eigenvalue weighted by atomic mass is 32.2. The minimum Gasteiger partial charge on any atom is -0.248 e. The van der Waals surface area contributed by atoms with Crippen LogP contribution in [-0.4, -0.2) is 29.9 Å². The summed E-state index contributed by atoms with van der Waals surface area (Å²) in [7, 11) is -3.63. The quantitative estimate of drug-likeness (QED) is 0.823. The van der Waals surface area contributed by atoms with Gasteiger partial charge in [-0.05, 0) is 30.4 Å². The molecular formula is C11H14N4O2S2. The minimum atomic E-state index is -3.63. The summed E-state index contributed by atoms with van der Waals surface area (Å²) in [4.78, 5) is 4.18. The summed E-state index contributed by atoms with van der Waals surface area (Å²) in [5.74, 6) is 0.115. The summed E-state index contributed by atoms with van der Waals surface area (Å²) in [5.41, 5.74) is 1.09. The zero-order valence-corrected chi connectivity index (χ0v) is 12.2. The first-order chi connectivity index (χ1) is 9.05. The highest BCUT2D eigenvalue weighted by Crippen LogP contribution is 2.16. The molecule has 0 radical (unpaired) electrons. The minimum absolute atomic E-state index is 0.115. The number of nitrogens with one attached hydrogen (secondary N) is 2. The summed E-state index contributed by atoms with van der Waals surface area (Å²) in [6.07, 6.45) is 2.68. The molecule has 0 aliphatic heterocycles. The Morgan fingerprint density at radius 3 is 2.53 bits per heavy atom. The molecule has 0 fully saturated rings. The second-order valence-corrected chi connectivity index (χ2v) is 6.23. The van der Waals surface area contributed by atoms with Gasteiger partial charge < -0.3 is 0 Å². The maximum absolute atomic E-state index is 12.1. The maximum Gasteiger partial charge on any atom is 0.264 e. The van der Waals surface area contributed by atoms with Crippen LogP contribution in [0.2, 0.25) is 0 Å². The van der Waals surface area contributed by atoms with E-state index < -0.39 is 10.0 Å². The molecule has 0 saturated carbocycles. The van der Waals surface area contributed by atoms with Crippen molar-refractivity contribution in [2.24, 2.45) is 0 Å². The van der Waals surface area contributed by atoms with Crippen molar-refractivity contribution in [2.75, 3.05) is 11.0 Å². The third-order valence-corrected chi connectivity index (χ3v) is 4.42. The van der Waals surface area contributed by atoms with Gasteiger partial charge in [-0.3, -0.25) is 0 Å². The van der Waals surface area contributed by atoms with Gasteiger partial charge >= 0.3 is 0 Å². The second kappa shape index (κ2) is 5.62. The van der Waals surface area contributed by atoms with Crippen molar-refractivity contribution in [1.82, 2.24) is 15.2 Å². The van der Waals surface area contributed by atoms with E-state index in [1.807, 2.05) is 13.2 Å². The number of thioether (sulfide) groups is 1. The fraction of sp³-hybridized carbons (Fsp3) is 0.273. The average molecular weight is 298 g/mol. The third-order valence-electron chi connectivity index (χ3n) is 2.52. The Balaban J connectivity index is 2.21. The summed E-state index contributed by atoms with van der Waals surface area (Å²) in [6.45, 7) is 2.01. The van der Waals surface area contributed by atoms with Gasteiger partial charge in [-0.1, -0.05) is 30.8 Å². The van der Waals surface area contributed by atoms with Gasteiger partial charge in [0.2, 0.25) is 11.1 Å². The van der Waals surface area contributed by atoms with Crippen molar-refractivity contribution < 1.29 is 8.42 Å². The van der Waals surface area contributed by atoms with Crippen LogP contribution in [0, 0.1) is 0 Å². The van der Waals surface area contributed by atoms with Crippen LogP contribution < -0.4 is 4.72 Å². The number of aryl methyl sites for hydroxylation is 1. The predicted octanol–water partition coefficient (Wildman–Crippen LogP) is 1.89. The standard InChI is InChI=1S/C11H14N4O2S2/c1-3-8-4-6-9(7-5-8)19(16,17)15-10-12-11(18-2)14-13-10/h4-7H,3H2,1-2H3,(H2,12,13,14,15). The largest absolute Gasteiger partial charge is 0.264 e. The van der Waals surface area contributed by atoms with Crippen LogP contribution >= 0.6 is 11.8 Å². The molecule has 0 unspecified atom stereocenters. The monoisotopic (exact) mass is 298 g/mol. The molecule has 0 saturated heterocycles. The van der Waals surface area contributed by atoms with Gasteiger partial charge in [0.15, 0.2) is 0 Å². The van der Waals surface area contributed by atoms with E-state index in [0.29, 0.717) is 5.16 Å². The molecule has 2 rings (SSSR count). The third kappa shape index (κ3) is 3.27. The number of benzene rings is 1. The molecule has 1 aromatic carbocycles. The Hall–Kier alpha value is -1.54. The van der Waals surface area contributed by atoms with E-state index in [0.717, 1.165) is 12.0 Å². The number of hydrogen-bond acceptors (Lipinski definition) is 5. The maximum atomic E-state index is 12.1. The van der Waals surface area contributed by atoms with Gasteiger partial charge in [0.25, 0.3) is 10.0 Å². The van der Waals surface area contributed by atoms with E-state index in [-0.39, 0.29) is 10.8 Å². The second-order valence-electron chi connectivity index (χ2n) is 3.77. The molecule has 0 atom stereocenters. The molecule has 0 spiro atoms. The highest BCUT2D eigenvalue weighted by molar-refractivity contribution is 7.98. The first-order valence-electron chi connectivity index (χ1n) is 5.63. The molecule has 2 aromatic rings. The molecule has 6 nitrogen and oxygen atoms in total. The molecule has 2 N–H and O–H groups in total. The number of anilines is 1. The van der Waals surface area contributed by atoms with Crippen molar-refractivity contribution in [1.29, 1.82) is 0 Å². The van der Waals surface area contributed by atoms with Crippen molar-refractivity contribution in [2.45, 2.75) is 23.4 Å². The number of aromatic nitrogens is 3. The smallest absolute Gasteiger partial charge is 0.248 e. The van der Waals surface area contributed by atoms with E-state index in [1.54, 1.807) is 24.3 Å². The Morgan fingerprint density at radius 2 is 2.00 bits per heavy atom. The Labute approximate surface area is 116 Å². The number of nitrogens with zero attached hydrogens (tertiary/aromatic N) is 2. The number of H-pyrrole nitrogens is 1. The SMILES string of the molecule is CCc1ccc(S(=O)(=O)Nc2nc(SC)n[nH]2)cc1. The number of hydrogen-bond donors (Lipinski definition) is 2. The van der Waals surface area contributed by atoms with Gasteiger partial charge in [-0.2, -0.15) is 4.98 Å². The molecule has 0 aliphatic carbocycles. The lowest BCUT2D eigenvalue weighted by molar-refractivity contribution is 0.601. The first kappa shape index (κ1) is 13.9. The zero-order valence-electron chi connectivity index (χ0n) is 10.5. The van der Waals surface area contributed by atoms with Crippen LogP contribution in [0.1, 0.15) is 12.5 Å². The van der Waals surface area contributed by atoms with Gasteiger partial charge in [0.1, 0.15) is 0 Å². The van der Waals surface area contributed by atoms with Crippen molar-refractivity contribution in [3.63, 3.8) is 0 Å². The van der Waals surface area contributed by atoms with Crippen LogP contribution in [0.15, 0.2) is 34.3 Å². The van der Waals surface area contributed by atoms with Crippen LogP contribution in [0.3, 0.4) is 0 Å². The number of aromatic amines is 1. The average Bonchev–Trinajstić information content (AvgIpc) is 2.85. The van der Waals surface area contributed by atoms with Crippen molar-refractivity contribution >= 4 is 27.7 Å². The topological polar surface area (TPSA) is 87.7 Å². The van der Waals surface area contributed by atoms with Gasteiger partial charge in [0, 0.05) is 0 Å². The Bertz CT molecular complexity index is 650. The summed E-state index contributed by atoms with van der Waals surface area (Å²) in [5, 5.41) is 6.86. The Morgan fingerprint density at radius 1 is 1.32 bits per heavy atom. The van der Waals surface area contributed by atoms with Crippen molar-refractivity contribution in [3.05, 3.63) is 29.8 Å². The van der Waals surface area contributed by atoms with E-state index in [2.05, 4.69) is 19.9 Å². The van der Waals surface area contributed by atoms with Gasteiger partial charge in [-0.25, -0.2) is 18.2 Å². The molecule has 102 valence electrons. The van der Waals surface area contributed by atoms with Crippen molar-refractivity contribution in [3.8, 4) is 0 Å². The summed E-state index contributed by atoms with van der Waals surface area (Å²) in [6, 6.07) is 6.74. The molecule has 0 aliphatic rings. The molecule has 8 heteroatoms. The Kier molecular flexibility index (Phi) is 4.11. The molecular weight excluding hydrogens is 284 g/mol. The molecule has 1 heterocycles. The fourth-order valence-electron chi connectivity index (χ4n) is 1.47. The van der Waals surface area contributed by atoms with E-state index >= 15 is 0 Å². The van der Waals surface area contributed by atoms with E-state index in [1.165, 1.54) is 11.8 Å². The number of rotatable bonds is 5. The molecule has 19 heavy (non-hydrogen) atoms. The van der Waals surface area contributed by atoms with E-state index in [4.69, 9.17) is 0 Å². The van der Waals surface area contributed by atoms with Crippen LogP contribution in [-0.2, 0) is 16.4 Å². The lowest BCUT2D eigenvalue weighted by atomic mass is 10.2. The molecule has 0 bridgehead atoms. The predicted molar refractivity (Wildman–Crippen MR) is 74.8 cm³/mol. The first-order valence-corrected chi connectivity index (χ1v) is 8.34. The highest BCUT2D eigenvalue weighted by Gasteiger charge is 2.16. The zero-order chi connectivity index (χ0) is 13.9. The van der Waals surface area contributed by atoms with E-state index in [9.17, 15) is 8.42 Å². The lowest BCUT2D eigenvalue weighted by Crippen LogP contribution is -2.14. The molecule has 0 amide bonds. The van der Waals surface area contributed by atoms with Crippen LogP contribution in [0.25, 0.3) is 0 Å². The normalized spacial score (nSPS) is 11.5. The summed E-state index contributed by atoms with van der Waals surface area (Å²) >= 11 is 1.33. The van der Waals surface area contributed by atoms with Gasteiger partial charge in [0.05, 0.1) is 4.90 Å². The fourth-order valence-corrected chi connectivity index (χ4v) is 2.75. The van der Waals surface area contributed by atoms with Crippen LogP contribution in [0.5, 0.6) is 0 Å². The lowest BCUT2D eigenvalue weighted by Gasteiger charge is -2.05. The molecule has 1 aromatic heterocycles. The van der Waals surface area contributed by atoms with Crippen LogP contribution in [0.4, 0.5) is 5.95 Å². The number of sulfonamides is 1. The van der Waals surface area contributed by atoms with Gasteiger partial charge in [-0.15, -0.1) is 5.10 Å². The summed E-state index contributed by atoms with van der Waals surface area (Å²) < 4.78 is 26.5.